The van der Waals surface area contributed by atoms with Gasteiger partial charge in [0.2, 0.25) is 5.91 Å². The molecule has 7 nitrogen and oxygen atoms in total. The Labute approximate surface area is 191 Å². The fourth-order valence-electron chi connectivity index (χ4n) is 3.79. The number of ether oxygens (including phenoxy) is 1. The first-order valence-electron chi connectivity index (χ1n) is 10.3. The summed E-state index contributed by atoms with van der Waals surface area (Å²) in [6, 6.07) is 14.3. The Morgan fingerprint density at radius 2 is 1.78 bits per heavy atom. The van der Waals surface area contributed by atoms with Gasteiger partial charge in [-0.25, -0.2) is 0 Å². The predicted molar refractivity (Wildman–Crippen MR) is 123 cm³/mol. The number of likely N-dealkylation sites (tertiary alicyclic amines) is 1. The molecule has 1 aliphatic rings. The summed E-state index contributed by atoms with van der Waals surface area (Å²) in [5.41, 5.74) is 7.22. The molecule has 2 heterocycles. The van der Waals surface area contributed by atoms with Gasteiger partial charge in [-0.3, -0.25) is 14.3 Å². The van der Waals surface area contributed by atoms with Gasteiger partial charge in [0.25, 0.3) is 5.91 Å². The van der Waals surface area contributed by atoms with Crippen LogP contribution in [-0.2, 0) is 4.79 Å². The number of piperidine rings is 1. The summed E-state index contributed by atoms with van der Waals surface area (Å²) in [5, 5.41) is 5.30. The summed E-state index contributed by atoms with van der Waals surface area (Å²) >= 11 is 5.91. The molecule has 0 spiro atoms. The van der Waals surface area contributed by atoms with Crippen LogP contribution in [0.3, 0.4) is 0 Å². The van der Waals surface area contributed by atoms with Crippen LogP contribution in [0, 0.1) is 0 Å². The minimum Gasteiger partial charge on any atom is -0.457 e. The van der Waals surface area contributed by atoms with E-state index >= 15 is 0 Å². The molecular formula is C24H23ClN4O3. The summed E-state index contributed by atoms with van der Waals surface area (Å²) in [7, 11) is 0. The molecule has 2 amide bonds. The van der Waals surface area contributed by atoms with Crippen LogP contribution in [-0.4, -0.2) is 39.6 Å². The molecule has 164 valence electrons. The van der Waals surface area contributed by atoms with Crippen molar-refractivity contribution < 1.29 is 14.3 Å². The van der Waals surface area contributed by atoms with Crippen LogP contribution in [0.15, 0.2) is 67.4 Å². The number of primary amides is 1. The molecule has 2 N–H and O–H groups in total. The fourth-order valence-corrected chi connectivity index (χ4v) is 3.92. The number of halogens is 1. The molecule has 0 radical (unpaired) electrons. The van der Waals surface area contributed by atoms with Crippen molar-refractivity contribution in [2.45, 2.75) is 18.9 Å². The number of hydrogen-bond donors (Lipinski definition) is 1. The first kappa shape index (κ1) is 21.6. The third-order valence-electron chi connectivity index (χ3n) is 5.43. The van der Waals surface area contributed by atoms with E-state index in [1.807, 2.05) is 12.1 Å². The highest BCUT2D eigenvalue weighted by Gasteiger charge is 2.26. The van der Waals surface area contributed by atoms with Crippen molar-refractivity contribution in [3.05, 3.63) is 78.0 Å². The third-order valence-corrected chi connectivity index (χ3v) is 5.68. The minimum atomic E-state index is -0.553. The second-order valence-corrected chi connectivity index (χ2v) is 8.04. The molecule has 4 rings (SSSR count). The fraction of sp³-hybridized carbons (Fsp3) is 0.208. The lowest BCUT2D eigenvalue weighted by Gasteiger charge is -2.32. The van der Waals surface area contributed by atoms with Crippen LogP contribution in [0.1, 0.15) is 29.2 Å². The van der Waals surface area contributed by atoms with Gasteiger partial charge in [0.05, 0.1) is 11.6 Å². The van der Waals surface area contributed by atoms with Gasteiger partial charge in [0.1, 0.15) is 17.2 Å². The maximum absolute atomic E-state index is 12.1. The molecule has 8 heteroatoms. The smallest absolute Gasteiger partial charge is 0.252 e. The van der Waals surface area contributed by atoms with E-state index in [2.05, 4.69) is 11.7 Å². The zero-order valence-electron chi connectivity index (χ0n) is 17.4. The van der Waals surface area contributed by atoms with E-state index in [-0.39, 0.29) is 11.9 Å². The quantitative estimate of drug-likeness (QED) is 0.562. The van der Waals surface area contributed by atoms with Crippen molar-refractivity contribution in [3.8, 4) is 22.8 Å². The standard InChI is InChI=1S/C24H23ClN4O3/c1-2-22(30)28-13-3-4-18(14-28)29-15-21(24(26)31)23(27-29)16-5-9-19(10-6-16)32-20-11-7-17(25)8-12-20/h2,5-12,15,18H,1,3-4,13-14H2,(H2,26,31)/t18-/m1/s1. The van der Waals surface area contributed by atoms with Crippen LogP contribution >= 0.6 is 11.6 Å². The summed E-state index contributed by atoms with van der Waals surface area (Å²) in [5.74, 6) is 0.651. The molecule has 1 fully saturated rings. The first-order valence-corrected chi connectivity index (χ1v) is 10.7. The van der Waals surface area contributed by atoms with Gasteiger partial charge in [0, 0.05) is 29.9 Å². The number of hydrogen-bond acceptors (Lipinski definition) is 4. The van der Waals surface area contributed by atoms with Gasteiger partial charge in [-0.2, -0.15) is 5.10 Å². The Hall–Kier alpha value is -3.58. The second kappa shape index (κ2) is 9.28. The average molecular weight is 451 g/mol. The van der Waals surface area contributed by atoms with Crippen LogP contribution in [0.25, 0.3) is 11.3 Å². The van der Waals surface area contributed by atoms with E-state index in [4.69, 9.17) is 22.1 Å². The summed E-state index contributed by atoms with van der Waals surface area (Å²) < 4.78 is 7.57. The topological polar surface area (TPSA) is 90.5 Å². The third kappa shape index (κ3) is 4.68. The number of carbonyl (C=O) groups excluding carboxylic acids is 2. The Bertz CT molecular complexity index is 1140. The van der Waals surface area contributed by atoms with Gasteiger partial charge < -0.3 is 15.4 Å². The highest BCUT2D eigenvalue weighted by atomic mass is 35.5. The van der Waals surface area contributed by atoms with Crippen molar-refractivity contribution in [3.63, 3.8) is 0 Å². The molecule has 1 aliphatic heterocycles. The highest BCUT2D eigenvalue weighted by molar-refractivity contribution is 6.30. The van der Waals surface area contributed by atoms with Crippen LogP contribution in [0.2, 0.25) is 5.02 Å². The van der Waals surface area contributed by atoms with Gasteiger partial charge in [-0.05, 0) is 67.4 Å². The number of carbonyl (C=O) groups is 2. The monoisotopic (exact) mass is 450 g/mol. The Morgan fingerprint density at radius 1 is 1.12 bits per heavy atom. The molecule has 1 aromatic heterocycles. The van der Waals surface area contributed by atoms with Crippen molar-refractivity contribution >= 4 is 23.4 Å². The lowest BCUT2D eigenvalue weighted by Crippen LogP contribution is -2.40. The molecule has 1 atom stereocenters. The van der Waals surface area contributed by atoms with Crippen LogP contribution in [0.5, 0.6) is 11.5 Å². The minimum absolute atomic E-state index is 0.0352. The Morgan fingerprint density at radius 3 is 2.41 bits per heavy atom. The van der Waals surface area contributed by atoms with Crippen molar-refractivity contribution in [2.24, 2.45) is 5.73 Å². The lowest BCUT2D eigenvalue weighted by molar-refractivity contribution is -0.127. The summed E-state index contributed by atoms with van der Waals surface area (Å²) in [6.45, 7) is 4.76. The molecule has 0 aliphatic carbocycles. The van der Waals surface area contributed by atoms with Gasteiger partial charge in [-0.15, -0.1) is 0 Å². The molecular weight excluding hydrogens is 428 g/mol. The van der Waals surface area contributed by atoms with Crippen molar-refractivity contribution in [1.82, 2.24) is 14.7 Å². The predicted octanol–water partition coefficient (Wildman–Crippen LogP) is 4.44. The largest absolute Gasteiger partial charge is 0.457 e. The van der Waals surface area contributed by atoms with E-state index < -0.39 is 5.91 Å². The summed E-state index contributed by atoms with van der Waals surface area (Å²) in [4.78, 5) is 25.9. The molecule has 2 aromatic carbocycles. The van der Waals surface area contributed by atoms with E-state index in [9.17, 15) is 9.59 Å². The Kier molecular flexibility index (Phi) is 6.28. The SMILES string of the molecule is C=CC(=O)N1CCC[C@@H](n2cc(C(N)=O)c(-c3ccc(Oc4ccc(Cl)cc4)cc3)n2)C1. The van der Waals surface area contributed by atoms with E-state index in [0.717, 1.165) is 18.4 Å². The van der Waals surface area contributed by atoms with E-state index in [1.165, 1.54) is 6.08 Å². The van der Waals surface area contributed by atoms with E-state index in [1.54, 1.807) is 52.2 Å². The summed E-state index contributed by atoms with van der Waals surface area (Å²) in [6.07, 6.45) is 4.69. The van der Waals surface area contributed by atoms with Gasteiger partial charge in [-0.1, -0.05) is 18.2 Å². The maximum atomic E-state index is 12.1. The lowest BCUT2D eigenvalue weighted by atomic mass is 10.1. The van der Waals surface area contributed by atoms with Gasteiger partial charge >= 0.3 is 0 Å². The molecule has 32 heavy (non-hydrogen) atoms. The van der Waals surface area contributed by atoms with Crippen molar-refractivity contribution in [2.75, 3.05) is 13.1 Å². The van der Waals surface area contributed by atoms with Crippen molar-refractivity contribution in [1.29, 1.82) is 0 Å². The molecule has 0 unspecified atom stereocenters. The molecule has 1 saturated heterocycles. The molecule has 3 aromatic rings. The molecule has 0 bridgehead atoms. The first-order chi connectivity index (χ1) is 15.4. The number of aromatic nitrogens is 2. The van der Waals surface area contributed by atoms with Gasteiger partial charge in [0.15, 0.2) is 0 Å². The number of nitrogens with two attached hydrogens (primary N) is 1. The zero-order chi connectivity index (χ0) is 22.7. The Balaban J connectivity index is 1.57. The average Bonchev–Trinajstić information content (AvgIpc) is 3.27. The van der Waals surface area contributed by atoms with E-state index in [0.29, 0.717) is 40.9 Å². The number of benzene rings is 2. The normalized spacial score (nSPS) is 15.9. The number of amides is 2. The zero-order valence-corrected chi connectivity index (χ0v) is 18.2. The number of nitrogens with zero attached hydrogens (tertiary/aromatic N) is 3. The highest BCUT2D eigenvalue weighted by Crippen LogP contribution is 2.30. The van der Waals surface area contributed by atoms with Crippen LogP contribution in [0.4, 0.5) is 0 Å². The second-order valence-electron chi connectivity index (χ2n) is 7.60. The maximum Gasteiger partial charge on any atom is 0.252 e. The van der Waals surface area contributed by atoms with Crippen LogP contribution < -0.4 is 10.5 Å². The molecule has 0 saturated carbocycles. The number of rotatable bonds is 6.